The smallest absolute Gasteiger partial charge is 0.172 e. The molecule has 0 amide bonds. The molecule has 2 rings (SSSR count). The number of hydrogen-bond acceptors (Lipinski definition) is 4. The zero-order valence-corrected chi connectivity index (χ0v) is 10.4. The molecule has 2 aromatic rings. The van der Waals surface area contributed by atoms with Gasteiger partial charge in [0.25, 0.3) is 0 Å². The first-order valence-corrected chi connectivity index (χ1v) is 6.16. The van der Waals surface area contributed by atoms with E-state index in [1.807, 2.05) is 12.1 Å². The Kier molecular flexibility index (Phi) is 4.17. The van der Waals surface area contributed by atoms with E-state index < -0.39 is 0 Å². The molecule has 2 heterocycles. The minimum atomic E-state index is 0.387. The number of unbranched alkanes of at least 4 members (excludes halogenated alkanes) is 2. The van der Waals surface area contributed by atoms with Crippen LogP contribution in [0, 0.1) is 0 Å². The highest BCUT2D eigenvalue weighted by Gasteiger charge is 2.13. The van der Waals surface area contributed by atoms with Crippen LogP contribution < -0.4 is 0 Å². The van der Waals surface area contributed by atoms with Crippen molar-refractivity contribution in [3.8, 4) is 11.3 Å². The third-order valence-corrected chi connectivity index (χ3v) is 2.80. The van der Waals surface area contributed by atoms with E-state index in [0.717, 1.165) is 43.4 Å². The summed E-state index contributed by atoms with van der Waals surface area (Å²) in [4.78, 5) is 15.0. The van der Waals surface area contributed by atoms with E-state index in [-0.39, 0.29) is 0 Å². The van der Waals surface area contributed by atoms with Crippen molar-refractivity contribution in [3.63, 3.8) is 0 Å². The lowest BCUT2D eigenvalue weighted by atomic mass is 10.1. The number of rotatable bonds is 6. The summed E-state index contributed by atoms with van der Waals surface area (Å²) in [6.45, 7) is 2.94. The average Bonchev–Trinajstić information content (AvgIpc) is 2.83. The molecule has 0 aliphatic heterocycles. The van der Waals surface area contributed by atoms with E-state index in [1.165, 1.54) is 0 Å². The standard InChI is InChI=1S/C13H16N4O/c1-2-3-4-9-17-13(12(10-18)15-16-17)11-5-7-14-8-6-11/h5-8,10H,2-4,9H2,1H3. The molecule has 94 valence electrons. The number of aldehydes is 1. The van der Waals surface area contributed by atoms with Crippen molar-refractivity contribution in [2.45, 2.75) is 32.7 Å². The highest BCUT2D eigenvalue weighted by molar-refractivity contribution is 5.83. The Bertz CT molecular complexity index is 507. The van der Waals surface area contributed by atoms with Crippen LogP contribution in [0.4, 0.5) is 0 Å². The minimum Gasteiger partial charge on any atom is -0.296 e. The van der Waals surface area contributed by atoms with Crippen LogP contribution in [0.15, 0.2) is 24.5 Å². The predicted octanol–water partition coefficient (Wildman–Crippen LogP) is 2.34. The summed E-state index contributed by atoms with van der Waals surface area (Å²) in [5.74, 6) is 0. The molecule has 0 saturated heterocycles. The maximum atomic E-state index is 11.0. The van der Waals surface area contributed by atoms with Crippen molar-refractivity contribution in [2.24, 2.45) is 0 Å². The first-order valence-electron chi connectivity index (χ1n) is 6.16. The Balaban J connectivity index is 2.31. The van der Waals surface area contributed by atoms with Gasteiger partial charge in [-0.3, -0.25) is 9.78 Å². The van der Waals surface area contributed by atoms with Crippen LogP contribution in [0.1, 0.15) is 36.7 Å². The van der Waals surface area contributed by atoms with Gasteiger partial charge in [-0.15, -0.1) is 5.10 Å². The fourth-order valence-electron chi connectivity index (χ4n) is 1.88. The first kappa shape index (κ1) is 12.4. The summed E-state index contributed by atoms with van der Waals surface area (Å²) in [5, 5.41) is 7.96. The fourth-order valence-corrected chi connectivity index (χ4v) is 1.88. The lowest BCUT2D eigenvalue weighted by molar-refractivity contribution is 0.111. The quantitative estimate of drug-likeness (QED) is 0.578. The molecular weight excluding hydrogens is 228 g/mol. The number of aromatic nitrogens is 4. The van der Waals surface area contributed by atoms with E-state index in [2.05, 4.69) is 22.2 Å². The topological polar surface area (TPSA) is 60.7 Å². The molecule has 0 bridgehead atoms. The zero-order valence-electron chi connectivity index (χ0n) is 10.4. The van der Waals surface area contributed by atoms with Crippen LogP contribution in [0.2, 0.25) is 0 Å². The predicted molar refractivity (Wildman–Crippen MR) is 68.2 cm³/mol. The van der Waals surface area contributed by atoms with Crippen LogP contribution in [0.3, 0.4) is 0 Å². The highest BCUT2D eigenvalue weighted by Crippen LogP contribution is 2.20. The summed E-state index contributed by atoms with van der Waals surface area (Å²) in [6, 6.07) is 3.73. The summed E-state index contributed by atoms with van der Waals surface area (Å²) in [6.07, 6.45) is 7.49. The van der Waals surface area contributed by atoms with Crippen molar-refractivity contribution in [1.82, 2.24) is 20.0 Å². The van der Waals surface area contributed by atoms with Gasteiger partial charge in [-0.1, -0.05) is 25.0 Å². The average molecular weight is 244 g/mol. The normalized spacial score (nSPS) is 10.5. The molecule has 0 fully saturated rings. The van der Waals surface area contributed by atoms with Gasteiger partial charge >= 0.3 is 0 Å². The van der Waals surface area contributed by atoms with Gasteiger partial charge in [-0.25, -0.2) is 4.68 Å². The Hall–Kier alpha value is -2.04. The molecule has 0 radical (unpaired) electrons. The Morgan fingerprint density at radius 1 is 1.28 bits per heavy atom. The molecule has 0 spiro atoms. The van der Waals surface area contributed by atoms with Gasteiger partial charge in [0.15, 0.2) is 12.0 Å². The lowest BCUT2D eigenvalue weighted by Crippen LogP contribution is -2.03. The van der Waals surface area contributed by atoms with Crippen LogP contribution >= 0.6 is 0 Å². The lowest BCUT2D eigenvalue weighted by Gasteiger charge is -2.06. The number of pyridine rings is 1. The SMILES string of the molecule is CCCCCn1nnc(C=O)c1-c1ccncc1. The second kappa shape index (κ2) is 6.05. The summed E-state index contributed by atoms with van der Waals surface area (Å²) in [5.41, 5.74) is 2.09. The maximum absolute atomic E-state index is 11.0. The van der Waals surface area contributed by atoms with Gasteiger partial charge < -0.3 is 0 Å². The number of carbonyl (C=O) groups is 1. The summed E-state index contributed by atoms with van der Waals surface area (Å²) >= 11 is 0. The van der Waals surface area contributed by atoms with Crippen molar-refractivity contribution in [1.29, 1.82) is 0 Å². The second-order valence-electron chi connectivity index (χ2n) is 4.11. The number of aryl methyl sites for hydroxylation is 1. The van der Waals surface area contributed by atoms with Gasteiger partial charge in [-0.2, -0.15) is 0 Å². The Labute approximate surface area is 106 Å². The molecule has 0 saturated carbocycles. The minimum absolute atomic E-state index is 0.387. The maximum Gasteiger partial charge on any atom is 0.172 e. The van der Waals surface area contributed by atoms with E-state index in [9.17, 15) is 4.79 Å². The van der Waals surface area contributed by atoms with Crippen molar-refractivity contribution in [2.75, 3.05) is 0 Å². The Morgan fingerprint density at radius 3 is 2.72 bits per heavy atom. The van der Waals surface area contributed by atoms with E-state index in [1.54, 1.807) is 17.1 Å². The van der Waals surface area contributed by atoms with Crippen molar-refractivity contribution >= 4 is 6.29 Å². The molecule has 2 aromatic heterocycles. The van der Waals surface area contributed by atoms with Crippen molar-refractivity contribution in [3.05, 3.63) is 30.2 Å². The molecular formula is C13H16N4O. The molecule has 5 nitrogen and oxygen atoms in total. The molecule has 0 N–H and O–H groups in total. The van der Waals surface area contributed by atoms with Crippen LogP contribution in [0.5, 0.6) is 0 Å². The molecule has 0 unspecified atom stereocenters. The van der Waals surface area contributed by atoms with Gasteiger partial charge in [-0.05, 0) is 18.6 Å². The zero-order chi connectivity index (χ0) is 12.8. The van der Waals surface area contributed by atoms with Crippen LogP contribution in [-0.2, 0) is 6.54 Å². The van der Waals surface area contributed by atoms with Crippen molar-refractivity contribution < 1.29 is 4.79 Å². The molecule has 0 aliphatic rings. The Morgan fingerprint density at radius 2 is 2.06 bits per heavy atom. The molecule has 0 aromatic carbocycles. The highest BCUT2D eigenvalue weighted by atomic mass is 16.1. The largest absolute Gasteiger partial charge is 0.296 e. The summed E-state index contributed by atoms with van der Waals surface area (Å²) in [7, 11) is 0. The number of nitrogens with zero attached hydrogens (tertiary/aromatic N) is 4. The van der Waals surface area contributed by atoms with Crippen LogP contribution in [0.25, 0.3) is 11.3 Å². The molecule has 0 atom stereocenters. The molecule has 18 heavy (non-hydrogen) atoms. The third-order valence-electron chi connectivity index (χ3n) is 2.80. The molecule has 0 aliphatic carbocycles. The molecule has 5 heteroatoms. The van der Waals surface area contributed by atoms with Crippen LogP contribution in [-0.4, -0.2) is 26.3 Å². The first-order chi connectivity index (χ1) is 8.86. The monoisotopic (exact) mass is 244 g/mol. The van der Waals surface area contributed by atoms with E-state index >= 15 is 0 Å². The van der Waals surface area contributed by atoms with Gasteiger partial charge in [0, 0.05) is 24.5 Å². The number of hydrogen-bond donors (Lipinski definition) is 0. The number of carbonyl (C=O) groups excluding carboxylic acids is 1. The van der Waals surface area contributed by atoms with E-state index in [0.29, 0.717) is 5.69 Å². The van der Waals surface area contributed by atoms with E-state index in [4.69, 9.17) is 0 Å². The summed E-state index contributed by atoms with van der Waals surface area (Å²) < 4.78 is 1.80. The second-order valence-corrected chi connectivity index (χ2v) is 4.11. The van der Waals surface area contributed by atoms with Gasteiger partial charge in [0.05, 0.1) is 5.69 Å². The third kappa shape index (κ3) is 2.61. The van der Waals surface area contributed by atoms with Gasteiger partial charge in [0.1, 0.15) is 0 Å². The van der Waals surface area contributed by atoms with Gasteiger partial charge in [0.2, 0.25) is 0 Å². The fraction of sp³-hybridized carbons (Fsp3) is 0.385.